The molecular weight excluding hydrogens is 384 g/mol. The van der Waals surface area contributed by atoms with Gasteiger partial charge in [0.15, 0.2) is 5.58 Å². The topological polar surface area (TPSA) is 67.6 Å². The predicted molar refractivity (Wildman–Crippen MR) is 121 cm³/mol. The van der Waals surface area contributed by atoms with Gasteiger partial charge >= 0.3 is 0 Å². The lowest BCUT2D eigenvalue weighted by Crippen LogP contribution is -1.93. The second-order valence-electron chi connectivity index (χ2n) is 7.24. The molecule has 0 unspecified atom stereocenters. The second-order valence-corrected chi connectivity index (χ2v) is 7.24. The van der Waals surface area contributed by atoms with Gasteiger partial charge in [0, 0.05) is 17.3 Å². The molecule has 2 aromatic heterocycles. The number of rotatable bonds is 4. The van der Waals surface area contributed by atoms with Gasteiger partial charge in [-0.1, -0.05) is 60.2 Å². The molecule has 148 valence electrons. The highest BCUT2D eigenvalue weighted by Gasteiger charge is 2.15. The molecule has 0 radical (unpaired) electrons. The highest BCUT2D eigenvalue weighted by Crippen LogP contribution is 2.29. The summed E-state index contributed by atoms with van der Waals surface area (Å²) in [7, 11) is 0. The van der Waals surface area contributed by atoms with Crippen LogP contribution < -0.4 is 0 Å². The molecule has 5 rings (SSSR count). The monoisotopic (exact) mass is 402 g/mol. The van der Waals surface area contributed by atoms with E-state index in [4.69, 9.17) is 9.52 Å². The number of hydrogen-bond acceptors (Lipinski definition) is 4. The molecule has 0 aliphatic carbocycles. The summed E-state index contributed by atoms with van der Waals surface area (Å²) < 4.78 is 7.64. The van der Waals surface area contributed by atoms with Crippen LogP contribution in [0.1, 0.15) is 17.0 Å². The standard InChI is InChI=1S/C26H18N4O/c1-18-11-13-19(14-12-18)25-21(17-30(29-25)22-7-3-2-4-8-22)15-20(16-27)26-28-23-9-5-6-10-24(23)31-26/h2-15,17H,1H3/b20-15+. The molecule has 0 spiro atoms. The van der Waals surface area contributed by atoms with E-state index >= 15 is 0 Å². The van der Waals surface area contributed by atoms with Gasteiger partial charge < -0.3 is 4.42 Å². The van der Waals surface area contributed by atoms with Crippen LogP contribution in [0.5, 0.6) is 0 Å². The first-order valence-corrected chi connectivity index (χ1v) is 9.91. The zero-order chi connectivity index (χ0) is 21.2. The predicted octanol–water partition coefficient (Wildman–Crippen LogP) is 6.05. The summed E-state index contributed by atoms with van der Waals surface area (Å²) in [5.74, 6) is 0.297. The van der Waals surface area contributed by atoms with Gasteiger partial charge in [0.05, 0.1) is 11.4 Å². The molecule has 5 aromatic rings. The van der Waals surface area contributed by atoms with Crippen LogP contribution in [-0.2, 0) is 0 Å². The van der Waals surface area contributed by atoms with Crippen molar-refractivity contribution in [2.45, 2.75) is 6.92 Å². The quantitative estimate of drug-likeness (QED) is 0.343. The molecule has 0 bridgehead atoms. The molecule has 2 heterocycles. The molecular formula is C26H18N4O. The number of hydrogen-bond donors (Lipinski definition) is 0. The van der Waals surface area contributed by atoms with E-state index in [1.165, 1.54) is 5.56 Å². The molecule has 0 amide bonds. The van der Waals surface area contributed by atoms with Crippen molar-refractivity contribution in [1.29, 1.82) is 5.26 Å². The minimum absolute atomic E-state index is 0.297. The molecule has 5 nitrogen and oxygen atoms in total. The number of nitriles is 1. The molecule has 5 heteroatoms. The number of oxazole rings is 1. The number of benzene rings is 3. The molecule has 3 aromatic carbocycles. The van der Waals surface area contributed by atoms with Gasteiger partial charge in [-0.05, 0) is 37.3 Å². The zero-order valence-corrected chi connectivity index (χ0v) is 16.9. The Kier molecular flexibility index (Phi) is 4.66. The first-order chi connectivity index (χ1) is 15.2. The summed E-state index contributed by atoms with van der Waals surface area (Å²) in [5, 5.41) is 14.7. The van der Waals surface area contributed by atoms with Crippen LogP contribution in [0.25, 0.3) is 39.7 Å². The van der Waals surface area contributed by atoms with Gasteiger partial charge in [0.25, 0.3) is 0 Å². The van der Waals surface area contributed by atoms with Crippen molar-refractivity contribution in [2.75, 3.05) is 0 Å². The molecule has 0 N–H and O–H groups in total. The first kappa shape index (κ1) is 18.6. The summed E-state index contributed by atoms with van der Waals surface area (Å²) >= 11 is 0. The van der Waals surface area contributed by atoms with Crippen molar-refractivity contribution in [2.24, 2.45) is 0 Å². The summed E-state index contributed by atoms with van der Waals surface area (Å²) in [4.78, 5) is 4.47. The SMILES string of the molecule is Cc1ccc(-c2nn(-c3ccccc3)cc2/C=C(\C#N)c2nc3ccccc3o2)cc1. The normalized spacial score (nSPS) is 11.5. The van der Waals surface area contributed by atoms with Gasteiger partial charge in [-0.25, -0.2) is 9.67 Å². The zero-order valence-electron chi connectivity index (χ0n) is 16.9. The van der Waals surface area contributed by atoms with Crippen LogP contribution in [-0.4, -0.2) is 14.8 Å². The number of nitrogens with zero attached hydrogens (tertiary/aromatic N) is 4. The number of allylic oxidation sites excluding steroid dienone is 1. The Morgan fingerprint density at radius 3 is 2.45 bits per heavy atom. The maximum absolute atomic E-state index is 9.84. The Balaban J connectivity index is 1.66. The lowest BCUT2D eigenvalue weighted by molar-refractivity contribution is 0.586. The average molecular weight is 402 g/mol. The minimum Gasteiger partial charge on any atom is -0.435 e. The van der Waals surface area contributed by atoms with Gasteiger partial charge in [-0.3, -0.25) is 0 Å². The number of para-hydroxylation sites is 3. The van der Waals surface area contributed by atoms with Crippen molar-refractivity contribution < 1.29 is 4.42 Å². The van der Waals surface area contributed by atoms with E-state index in [1.54, 1.807) is 6.08 Å². The molecule has 0 aliphatic rings. The smallest absolute Gasteiger partial charge is 0.238 e. The van der Waals surface area contributed by atoms with Gasteiger partial charge in [-0.2, -0.15) is 10.4 Å². The molecule has 0 atom stereocenters. The van der Waals surface area contributed by atoms with Gasteiger partial charge in [-0.15, -0.1) is 0 Å². The second kappa shape index (κ2) is 7.77. The summed E-state index contributed by atoms with van der Waals surface area (Å²) in [6.07, 6.45) is 3.71. The Labute approximate surface area is 179 Å². The molecule has 0 saturated heterocycles. The summed E-state index contributed by atoms with van der Waals surface area (Å²) in [5.41, 5.74) is 6.40. The highest BCUT2D eigenvalue weighted by atomic mass is 16.3. The van der Waals surface area contributed by atoms with E-state index in [2.05, 4.69) is 23.2 Å². The Morgan fingerprint density at radius 1 is 0.968 bits per heavy atom. The number of fused-ring (bicyclic) bond motifs is 1. The lowest BCUT2D eigenvalue weighted by atomic mass is 10.0. The Morgan fingerprint density at radius 2 is 1.71 bits per heavy atom. The summed E-state index contributed by atoms with van der Waals surface area (Å²) in [6.45, 7) is 2.05. The maximum Gasteiger partial charge on any atom is 0.238 e. The van der Waals surface area contributed by atoms with E-state index < -0.39 is 0 Å². The largest absolute Gasteiger partial charge is 0.435 e. The Hall–Kier alpha value is -4.43. The summed E-state index contributed by atoms with van der Waals surface area (Å²) in [6, 6.07) is 27.8. The van der Waals surface area contributed by atoms with Crippen molar-refractivity contribution in [3.8, 4) is 23.0 Å². The van der Waals surface area contributed by atoms with Crippen LogP contribution in [0.15, 0.2) is 89.5 Å². The third kappa shape index (κ3) is 3.63. The van der Waals surface area contributed by atoms with E-state index in [1.807, 2.05) is 84.5 Å². The third-order valence-corrected chi connectivity index (χ3v) is 5.03. The first-order valence-electron chi connectivity index (χ1n) is 9.91. The van der Waals surface area contributed by atoms with Gasteiger partial charge in [0.2, 0.25) is 5.89 Å². The maximum atomic E-state index is 9.84. The van der Waals surface area contributed by atoms with E-state index in [0.717, 1.165) is 28.0 Å². The number of aryl methyl sites for hydroxylation is 1. The third-order valence-electron chi connectivity index (χ3n) is 5.03. The fourth-order valence-electron chi connectivity index (χ4n) is 3.43. The van der Waals surface area contributed by atoms with E-state index in [9.17, 15) is 5.26 Å². The fraction of sp³-hybridized carbons (Fsp3) is 0.0385. The molecule has 0 aliphatic heterocycles. The van der Waals surface area contributed by atoms with Crippen LogP contribution >= 0.6 is 0 Å². The fourth-order valence-corrected chi connectivity index (χ4v) is 3.43. The van der Waals surface area contributed by atoms with Crippen LogP contribution in [0.2, 0.25) is 0 Å². The average Bonchev–Trinajstić information content (AvgIpc) is 3.43. The molecule has 31 heavy (non-hydrogen) atoms. The van der Waals surface area contributed by atoms with E-state index in [0.29, 0.717) is 17.0 Å². The van der Waals surface area contributed by atoms with Crippen molar-refractivity contribution in [3.05, 3.63) is 102 Å². The van der Waals surface area contributed by atoms with Crippen LogP contribution in [0.3, 0.4) is 0 Å². The van der Waals surface area contributed by atoms with E-state index in [-0.39, 0.29) is 0 Å². The minimum atomic E-state index is 0.297. The van der Waals surface area contributed by atoms with Crippen LogP contribution in [0, 0.1) is 18.3 Å². The molecule has 0 saturated carbocycles. The Bertz CT molecular complexity index is 1400. The van der Waals surface area contributed by atoms with Crippen LogP contribution in [0.4, 0.5) is 0 Å². The number of aromatic nitrogens is 3. The van der Waals surface area contributed by atoms with Crippen molar-refractivity contribution in [3.63, 3.8) is 0 Å². The van der Waals surface area contributed by atoms with Crippen molar-refractivity contribution in [1.82, 2.24) is 14.8 Å². The molecule has 0 fully saturated rings. The lowest BCUT2D eigenvalue weighted by Gasteiger charge is -2.01. The highest BCUT2D eigenvalue weighted by molar-refractivity contribution is 5.91. The van der Waals surface area contributed by atoms with Crippen molar-refractivity contribution >= 4 is 22.7 Å². The van der Waals surface area contributed by atoms with Gasteiger partial charge in [0.1, 0.15) is 17.2 Å².